The number of hydrogen-bond donors (Lipinski definition) is 2. The van der Waals surface area contributed by atoms with E-state index in [0.29, 0.717) is 25.1 Å². The lowest BCUT2D eigenvalue weighted by Crippen LogP contribution is -2.35. The second-order valence-corrected chi connectivity index (χ2v) is 5.57. The Balaban J connectivity index is 1.70. The van der Waals surface area contributed by atoms with Gasteiger partial charge in [0.15, 0.2) is 0 Å². The third kappa shape index (κ3) is 5.50. The quantitative estimate of drug-likeness (QED) is 0.733. The number of carbonyl (C=O) groups is 2. The van der Waals surface area contributed by atoms with Crippen molar-refractivity contribution in [2.24, 2.45) is 0 Å². The van der Waals surface area contributed by atoms with Gasteiger partial charge in [0.25, 0.3) is 5.91 Å². The van der Waals surface area contributed by atoms with Crippen molar-refractivity contribution in [2.45, 2.75) is 25.7 Å². The van der Waals surface area contributed by atoms with Crippen molar-refractivity contribution in [3.63, 3.8) is 0 Å². The van der Waals surface area contributed by atoms with Crippen molar-refractivity contribution < 1.29 is 9.59 Å². The maximum Gasteiger partial charge on any atom is 0.252 e. The van der Waals surface area contributed by atoms with Crippen molar-refractivity contribution in [3.05, 3.63) is 66.0 Å². The average Bonchev–Trinajstić information content (AvgIpc) is 2.64. The highest BCUT2D eigenvalue weighted by atomic mass is 16.2. The number of hydrogen-bond acceptors (Lipinski definition) is 3. The molecule has 0 bridgehead atoms. The van der Waals surface area contributed by atoms with Gasteiger partial charge in [-0.15, -0.1) is 0 Å². The van der Waals surface area contributed by atoms with E-state index in [2.05, 4.69) is 34.7 Å². The van der Waals surface area contributed by atoms with Crippen molar-refractivity contribution in [1.29, 1.82) is 0 Å². The molecule has 1 atom stereocenters. The minimum atomic E-state index is -0.187. The number of carbonyl (C=O) groups excluding carboxylic acids is 2. The van der Waals surface area contributed by atoms with Crippen LogP contribution in [0, 0.1) is 0 Å². The van der Waals surface area contributed by atoms with Crippen LogP contribution in [0.1, 0.15) is 41.6 Å². The number of nitrogens with one attached hydrogen (secondary N) is 2. The topological polar surface area (TPSA) is 71.1 Å². The zero-order chi connectivity index (χ0) is 17.2. The summed E-state index contributed by atoms with van der Waals surface area (Å²) in [6, 6.07) is 13.5. The van der Waals surface area contributed by atoms with Crippen LogP contribution in [0.25, 0.3) is 0 Å². The van der Waals surface area contributed by atoms with Gasteiger partial charge >= 0.3 is 0 Å². The molecule has 0 radical (unpaired) electrons. The van der Waals surface area contributed by atoms with Crippen LogP contribution >= 0.6 is 0 Å². The number of nitrogens with zero attached hydrogens (tertiary/aromatic N) is 1. The lowest BCUT2D eigenvalue weighted by molar-refractivity contribution is -0.121. The lowest BCUT2D eigenvalue weighted by Gasteiger charge is -2.15. The summed E-state index contributed by atoms with van der Waals surface area (Å²) < 4.78 is 0. The molecule has 0 aliphatic heterocycles. The standard InChI is InChI=1S/C19H23N3O2/c1-2-15(16-7-4-3-5-8-16)13-18(23)21-11-12-22-19(24)17-9-6-10-20-14-17/h3-10,14-15H,2,11-13H2,1H3,(H,21,23)(H,22,24). The maximum atomic E-state index is 12.1. The van der Waals surface area contributed by atoms with E-state index >= 15 is 0 Å². The number of pyridine rings is 1. The molecule has 5 nitrogen and oxygen atoms in total. The maximum absolute atomic E-state index is 12.1. The highest BCUT2D eigenvalue weighted by molar-refractivity contribution is 5.93. The third-order valence-corrected chi connectivity index (χ3v) is 3.85. The van der Waals surface area contributed by atoms with Crippen molar-refractivity contribution in [3.8, 4) is 0 Å². The smallest absolute Gasteiger partial charge is 0.252 e. The lowest BCUT2D eigenvalue weighted by atomic mass is 9.93. The molecule has 0 spiro atoms. The Bertz CT molecular complexity index is 644. The van der Waals surface area contributed by atoms with Gasteiger partial charge in [-0.05, 0) is 30.0 Å². The third-order valence-electron chi connectivity index (χ3n) is 3.85. The zero-order valence-corrected chi connectivity index (χ0v) is 13.9. The van der Waals surface area contributed by atoms with Crippen molar-refractivity contribution in [1.82, 2.24) is 15.6 Å². The molecule has 2 rings (SSSR count). The predicted molar refractivity (Wildman–Crippen MR) is 93.7 cm³/mol. The molecule has 0 saturated heterocycles. The minimum Gasteiger partial charge on any atom is -0.354 e. The summed E-state index contributed by atoms with van der Waals surface area (Å²) >= 11 is 0. The second kappa shape index (κ2) is 9.45. The fourth-order valence-electron chi connectivity index (χ4n) is 2.50. The summed E-state index contributed by atoms with van der Waals surface area (Å²) in [6.45, 7) is 2.89. The monoisotopic (exact) mass is 325 g/mol. The van der Waals surface area contributed by atoms with E-state index in [1.165, 1.54) is 11.8 Å². The average molecular weight is 325 g/mol. The van der Waals surface area contributed by atoms with Crippen LogP contribution in [0.15, 0.2) is 54.9 Å². The summed E-state index contributed by atoms with van der Waals surface area (Å²) in [5.74, 6) is 0.0329. The molecule has 0 saturated carbocycles. The van der Waals surface area contributed by atoms with Gasteiger partial charge in [-0.2, -0.15) is 0 Å². The molecule has 5 heteroatoms. The molecule has 2 N–H and O–H groups in total. The van der Waals surface area contributed by atoms with Crippen LogP contribution < -0.4 is 10.6 Å². The molecular formula is C19H23N3O2. The Morgan fingerprint density at radius 1 is 1.04 bits per heavy atom. The first kappa shape index (κ1) is 17.7. The van der Waals surface area contributed by atoms with Gasteiger partial charge in [-0.1, -0.05) is 37.3 Å². The summed E-state index contributed by atoms with van der Waals surface area (Å²) in [4.78, 5) is 27.8. The molecule has 126 valence electrons. The predicted octanol–water partition coefficient (Wildman–Crippen LogP) is 2.51. The van der Waals surface area contributed by atoms with Gasteiger partial charge in [-0.25, -0.2) is 0 Å². The Hall–Kier alpha value is -2.69. The van der Waals surface area contributed by atoms with Gasteiger partial charge in [0.2, 0.25) is 5.91 Å². The molecule has 2 aromatic rings. The van der Waals surface area contributed by atoms with E-state index in [0.717, 1.165) is 6.42 Å². The summed E-state index contributed by atoms with van der Waals surface area (Å²) in [7, 11) is 0. The van der Waals surface area contributed by atoms with E-state index in [4.69, 9.17) is 0 Å². The normalized spacial score (nSPS) is 11.5. The minimum absolute atomic E-state index is 0.00123. The van der Waals surface area contributed by atoms with Crippen molar-refractivity contribution >= 4 is 11.8 Å². The van der Waals surface area contributed by atoms with Gasteiger partial charge < -0.3 is 10.6 Å². The van der Waals surface area contributed by atoms with Crippen LogP contribution in [0.3, 0.4) is 0 Å². The van der Waals surface area contributed by atoms with E-state index < -0.39 is 0 Å². The second-order valence-electron chi connectivity index (χ2n) is 5.57. The van der Waals surface area contributed by atoms with Gasteiger partial charge in [-0.3, -0.25) is 14.6 Å². The van der Waals surface area contributed by atoms with Gasteiger partial charge in [0, 0.05) is 31.9 Å². The molecule has 1 aromatic carbocycles. The molecule has 0 fully saturated rings. The molecular weight excluding hydrogens is 302 g/mol. The zero-order valence-electron chi connectivity index (χ0n) is 13.9. The Labute approximate surface area is 142 Å². The highest BCUT2D eigenvalue weighted by Gasteiger charge is 2.13. The summed E-state index contributed by atoms with van der Waals surface area (Å²) in [5.41, 5.74) is 1.69. The van der Waals surface area contributed by atoms with Gasteiger partial charge in [0.05, 0.1) is 5.56 Å². The number of amides is 2. The number of benzene rings is 1. The molecule has 24 heavy (non-hydrogen) atoms. The summed E-state index contributed by atoms with van der Waals surface area (Å²) in [6.07, 6.45) is 4.50. The Kier molecular flexibility index (Phi) is 6.95. The van der Waals surface area contributed by atoms with E-state index in [1.54, 1.807) is 18.3 Å². The van der Waals surface area contributed by atoms with Crippen LogP contribution in [-0.2, 0) is 4.79 Å². The van der Waals surface area contributed by atoms with E-state index in [1.807, 2.05) is 18.2 Å². The summed E-state index contributed by atoms with van der Waals surface area (Å²) in [5, 5.41) is 5.61. The highest BCUT2D eigenvalue weighted by Crippen LogP contribution is 2.22. The molecule has 0 aliphatic rings. The molecule has 1 aromatic heterocycles. The first-order valence-electron chi connectivity index (χ1n) is 8.20. The Morgan fingerprint density at radius 2 is 1.79 bits per heavy atom. The van der Waals surface area contributed by atoms with Crippen molar-refractivity contribution in [2.75, 3.05) is 13.1 Å². The number of aromatic nitrogens is 1. The van der Waals surface area contributed by atoms with Crippen LogP contribution in [0.2, 0.25) is 0 Å². The number of rotatable bonds is 8. The van der Waals surface area contributed by atoms with Gasteiger partial charge in [0.1, 0.15) is 0 Å². The first-order chi connectivity index (χ1) is 11.7. The molecule has 2 amide bonds. The molecule has 1 unspecified atom stereocenters. The van der Waals surface area contributed by atoms with Crippen LogP contribution in [0.4, 0.5) is 0 Å². The fraction of sp³-hybridized carbons (Fsp3) is 0.316. The van der Waals surface area contributed by atoms with E-state index in [-0.39, 0.29) is 17.7 Å². The molecule has 1 heterocycles. The Morgan fingerprint density at radius 3 is 2.46 bits per heavy atom. The van der Waals surface area contributed by atoms with Crippen LogP contribution in [0.5, 0.6) is 0 Å². The van der Waals surface area contributed by atoms with Crippen LogP contribution in [-0.4, -0.2) is 29.9 Å². The SMILES string of the molecule is CCC(CC(=O)NCCNC(=O)c1cccnc1)c1ccccc1. The fourth-order valence-corrected chi connectivity index (χ4v) is 2.50. The largest absolute Gasteiger partial charge is 0.354 e. The van der Waals surface area contributed by atoms with E-state index in [9.17, 15) is 9.59 Å². The first-order valence-corrected chi connectivity index (χ1v) is 8.20. The molecule has 0 aliphatic carbocycles.